The van der Waals surface area contributed by atoms with Gasteiger partial charge in [0.2, 0.25) is 5.16 Å². The minimum absolute atomic E-state index is 0.411. The summed E-state index contributed by atoms with van der Waals surface area (Å²) in [5.74, 6) is 0. The molecule has 1 aliphatic rings. The van der Waals surface area contributed by atoms with Gasteiger partial charge in [-0.2, -0.15) is 0 Å². The Bertz CT molecular complexity index is 580. The molecule has 0 aromatic carbocycles. The molecule has 1 fully saturated rings. The summed E-state index contributed by atoms with van der Waals surface area (Å²) in [4.78, 5) is 4.30. The highest BCUT2D eigenvalue weighted by molar-refractivity contribution is 9.10. The molecule has 8 heteroatoms. The van der Waals surface area contributed by atoms with E-state index in [1.165, 1.54) is 24.6 Å². The maximum absolute atomic E-state index is 5.95. The number of pyridine rings is 1. The molecule has 0 saturated heterocycles. The minimum Gasteiger partial charge on any atom is -0.396 e. The van der Waals surface area contributed by atoms with E-state index < -0.39 is 0 Å². The molecule has 100 valence electrons. The quantitative estimate of drug-likeness (QED) is 0.924. The van der Waals surface area contributed by atoms with Crippen LogP contribution in [0.5, 0.6) is 0 Å². The van der Waals surface area contributed by atoms with Crippen molar-refractivity contribution < 1.29 is 0 Å². The molecule has 0 amide bonds. The van der Waals surface area contributed by atoms with Crippen molar-refractivity contribution in [3.63, 3.8) is 0 Å². The molecule has 0 bridgehead atoms. The molecule has 3 rings (SSSR count). The summed E-state index contributed by atoms with van der Waals surface area (Å²) in [5, 5.41) is 13.4. The zero-order chi connectivity index (χ0) is 13.2. The van der Waals surface area contributed by atoms with Crippen molar-refractivity contribution in [2.75, 3.05) is 5.73 Å². The zero-order valence-electron chi connectivity index (χ0n) is 10.2. The molecule has 0 atom stereocenters. The van der Waals surface area contributed by atoms with Crippen LogP contribution in [0.1, 0.15) is 31.7 Å². The Kier molecular flexibility index (Phi) is 3.69. The summed E-state index contributed by atoms with van der Waals surface area (Å²) in [7, 11) is 0. The van der Waals surface area contributed by atoms with E-state index in [0.29, 0.717) is 11.7 Å². The number of aromatic nitrogens is 5. The Hall–Kier alpha value is -1.15. The van der Waals surface area contributed by atoms with E-state index >= 15 is 0 Å². The van der Waals surface area contributed by atoms with Crippen LogP contribution in [0, 0.1) is 0 Å². The van der Waals surface area contributed by atoms with Crippen LogP contribution in [-0.2, 0) is 0 Å². The van der Waals surface area contributed by atoms with Crippen molar-refractivity contribution in [3.05, 3.63) is 16.7 Å². The van der Waals surface area contributed by atoms with E-state index in [-0.39, 0.29) is 0 Å². The Balaban J connectivity index is 1.85. The summed E-state index contributed by atoms with van der Waals surface area (Å²) in [6, 6.07) is 2.24. The summed E-state index contributed by atoms with van der Waals surface area (Å²) in [6.45, 7) is 0. The fraction of sp³-hybridized carbons (Fsp3) is 0.455. The van der Waals surface area contributed by atoms with Gasteiger partial charge in [-0.15, -0.1) is 5.10 Å². The molecular weight excluding hydrogens is 328 g/mol. The van der Waals surface area contributed by atoms with Crippen LogP contribution in [-0.4, -0.2) is 25.2 Å². The SMILES string of the molecule is Nc1cc(Br)cnc1Sc1nnnn1C1CCCC1. The van der Waals surface area contributed by atoms with Gasteiger partial charge in [0.15, 0.2) is 0 Å². The Labute approximate surface area is 123 Å². The van der Waals surface area contributed by atoms with Crippen LogP contribution in [0.4, 0.5) is 5.69 Å². The van der Waals surface area contributed by atoms with Crippen LogP contribution >= 0.6 is 27.7 Å². The summed E-state index contributed by atoms with van der Waals surface area (Å²) < 4.78 is 2.77. The number of nitrogen functional groups attached to an aromatic ring is 1. The number of nitrogens with zero attached hydrogens (tertiary/aromatic N) is 5. The predicted octanol–water partition coefficient (Wildman–Crippen LogP) is 2.68. The molecule has 1 aliphatic carbocycles. The number of nitrogens with two attached hydrogens (primary N) is 1. The second-order valence-corrected chi connectivity index (χ2v) is 6.37. The fourth-order valence-electron chi connectivity index (χ4n) is 2.24. The van der Waals surface area contributed by atoms with E-state index in [1.54, 1.807) is 6.20 Å². The van der Waals surface area contributed by atoms with Gasteiger partial charge in [0, 0.05) is 10.7 Å². The lowest BCUT2D eigenvalue weighted by molar-refractivity contribution is 0.423. The molecular formula is C11H13BrN6S. The highest BCUT2D eigenvalue weighted by atomic mass is 79.9. The average molecular weight is 341 g/mol. The maximum atomic E-state index is 5.95. The van der Waals surface area contributed by atoms with Gasteiger partial charge < -0.3 is 5.73 Å². The van der Waals surface area contributed by atoms with Gasteiger partial charge in [-0.25, -0.2) is 9.67 Å². The third kappa shape index (κ3) is 2.74. The van der Waals surface area contributed by atoms with Gasteiger partial charge in [0.1, 0.15) is 5.03 Å². The van der Waals surface area contributed by atoms with Crippen molar-refractivity contribution in [1.29, 1.82) is 0 Å². The lowest BCUT2D eigenvalue weighted by Gasteiger charge is -2.11. The van der Waals surface area contributed by atoms with Gasteiger partial charge in [-0.1, -0.05) is 12.8 Å². The highest BCUT2D eigenvalue weighted by Gasteiger charge is 2.22. The third-order valence-corrected chi connectivity index (χ3v) is 4.59. The Morgan fingerprint density at radius 2 is 2.16 bits per heavy atom. The van der Waals surface area contributed by atoms with Gasteiger partial charge >= 0.3 is 0 Å². The second-order valence-electron chi connectivity index (χ2n) is 4.49. The standard InChI is InChI=1S/C11H13BrN6S/c12-7-5-9(13)10(14-6-7)19-11-15-16-17-18(11)8-3-1-2-4-8/h5-6,8H,1-4,13H2. The molecule has 0 aliphatic heterocycles. The van der Waals surface area contributed by atoms with Gasteiger partial charge in [-0.05, 0) is 57.0 Å². The van der Waals surface area contributed by atoms with Crippen LogP contribution < -0.4 is 5.73 Å². The van der Waals surface area contributed by atoms with Crippen LogP contribution in [0.2, 0.25) is 0 Å². The molecule has 2 aromatic heterocycles. The Morgan fingerprint density at radius 1 is 1.37 bits per heavy atom. The van der Waals surface area contributed by atoms with E-state index in [1.807, 2.05) is 10.7 Å². The van der Waals surface area contributed by atoms with E-state index in [9.17, 15) is 0 Å². The first kappa shape index (κ1) is 12.9. The van der Waals surface area contributed by atoms with Crippen molar-refractivity contribution in [3.8, 4) is 0 Å². The summed E-state index contributed by atoms with van der Waals surface area (Å²) >= 11 is 4.76. The van der Waals surface area contributed by atoms with Crippen molar-refractivity contribution >= 4 is 33.4 Å². The molecule has 0 spiro atoms. The number of hydrogen-bond donors (Lipinski definition) is 1. The van der Waals surface area contributed by atoms with E-state index in [2.05, 4.69) is 36.4 Å². The number of tetrazole rings is 1. The molecule has 6 nitrogen and oxygen atoms in total. The van der Waals surface area contributed by atoms with Crippen molar-refractivity contribution in [2.24, 2.45) is 0 Å². The third-order valence-electron chi connectivity index (χ3n) is 3.17. The topological polar surface area (TPSA) is 82.5 Å². The number of rotatable bonds is 3. The number of halogens is 1. The maximum Gasteiger partial charge on any atom is 0.215 e. The smallest absolute Gasteiger partial charge is 0.215 e. The lowest BCUT2D eigenvalue weighted by Crippen LogP contribution is -2.08. The normalized spacial score (nSPS) is 16.1. The van der Waals surface area contributed by atoms with Crippen LogP contribution in [0.25, 0.3) is 0 Å². The lowest BCUT2D eigenvalue weighted by atomic mass is 10.3. The molecule has 1 saturated carbocycles. The number of hydrogen-bond acceptors (Lipinski definition) is 6. The van der Waals surface area contributed by atoms with E-state index in [4.69, 9.17) is 5.73 Å². The van der Waals surface area contributed by atoms with Crippen molar-refractivity contribution in [2.45, 2.75) is 41.9 Å². The molecule has 19 heavy (non-hydrogen) atoms. The largest absolute Gasteiger partial charge is 0.396 e. The van der Waals surface area contributed by atoms with E-state index in [0.717, 1.165) is 27.5 Å². The van der Waals surface area contributed by atoms with Gasteiger partial charge in [0.05, 0.1) is 11.7 Å². The second kappa shape index (κ2) is 5.46. The van der Waals surface area contributed by atoms with Crippen molar-refractivity contribution in [1.82, 2.24) is 25.2 Å². The highest BCUT2D eigenvalue weighted by Crippen LogP contribution is 2.35. The molecule has 0 unspecified atom stereocenters. The minimum atomic E-state index is 0.411. The molecule has 0 radical (unpaired) electrons. The summed E-state index contributed by atoms with van der Waals surface area (Å²) in [6.07, 6.45) is 6.49. The first-order valence-corrected chi connectivity index (χ1v) is 7.72. The predicted molar refractivity (Wildman–Crippen MR) is 75.8 cm³/mol. The monoisotopic (exact) mass is 340 g/mol. The molecule has 2 aromatic rings. The van der Waals surface area contributed by atoms with Crippen LogP contribution in [0.3, 0.4) is 0 Å². The first-order valence-electron chi connectivity index (χ1n) is 6.11. The Morgan fingerprint density at radius 3 is 2.89 bits per heavy atom. The first-order chi connectivity index (χ1) is 9.24. The van der Waals surface area contributed by atoms with Gasteiger partial charge in [-0.3, -0.25) is 0 Å². The fourth-order valence-corrected chi connectivity index (χ4v) is 3.41. The van der Waals surface area contributed by atoms with Gasteiger partial charge in [0.25, 0.3) is 0 Å². The van der Waals surface area contributed by atoms with Crippen LogP contribution in [0.15, 0.2) is 26.9 Å². The molecule has 2 N–H and O–H groups in total. The average Bonchev–Trinajstić information content (AvgIpc) is 3.03. The molecule has 2 heterocycles. The number of anilines is 1. The zero-order valence-corrected chi connectivity index (χ0v) is 12.6. The summed E-state index contributed by atoms with van der Waals surface area (Å²) in [5.41, 5.74) is 6.58.